The second-order valence-electron chi connectivity index (χ2n) is 4.63. The summed E-state index contributed by atoms with van der Waals surface area (Å²) in [6.07, 6.45) is 3.63. The highest BCUT2D eigenvalue weighted by molar-refractivity contribution is 4.88. The summed E-state index contributed by atoms with van der Waals surface area (Å²) < 4.78 is 0. The highest BCUT2D eigenvalue weighted by Gasteiger charge is 2.31. The maximum atomic E-state index is 9.01. The third kappa shape index (κ3) is 2.96. The van der Waals surface area contributed by atoms with Gasteiger partial charge in [0.05, 0.1) is 6.61 Å². The Balaban J connectivity index is 2.13. The number of hydrogen-bond donors (Lipinski definition) is 2. The zero-order chi connectivity index (χ0) is 9.84. The van der Waals surface area contributed by atoms with Crippen LogP contribution in [0, 0.1) is 11.8 Å². The van der Waals surface area contributed by atoms with Crippen LogP contribution in [0.4, 0.5) is 0 Å². The summed E-state index contributed by atoms with van der Waals surface area (Å²) in [4.78, 5) is 0. The van der Waals surface area contributed by atoms with E-state index >= 15 is 0 Å². The van der Waals surface area contributed by atoms with E-state index in [1.165, 1.54) is 12.8 Å². The number of aliphatic hydroxyl groups excluding tert-OH is 1. The van der Waals surface area contributed by atoms with Crippen molar-refractivity contribution < 1.29 is 5.11 Å². The van der Waals surface area contributed by atoms with E-state index in [1.54, 1.807) is 0 Å². The highest BCUT2D eigenvalue weighted by atomic mass is 16.3. The van der Waals surface area contributed by atoms with Crippen LogP contribution in [0.3, 0.4) is 0 Å². The molecule has 0 aromatic carbocycles. The maximum absolute atomic E-state index is 9.01. The normalized spacial score (nSPS) is 30.2. The SMILES string of the molecule is CCC(CO)NC1CC(C(C)C)C1. The molecule has 0 aliphatic heterocycles. The predicted molar refractivity (Wildman–Crippen MR) is 55.7 cm³/mol. The topological polar surface area (TPSA) is 32.3 Å². The van der Waals surface area contributed by atoms with Crippen LogP contribution in [-0.2, 0) is 0 Å². The third-order valence-corrected chi connectivity index (χ3v) is 3.30. The lowest BCUT2D eigenvalue weighted by molar-refractivity contribution is 0.136. The predicted octanol–water partition coefficient (Wildman–Crippen LogP) is 1.78. The fraction of sp³-hybridized carbons (Fsp3) is 1.00. The molecule has 0 aromatic heterocycles. The minimum Gasteiger partial charge on any atom is -0.395 e. The molecular formula is C11H23NO. The average molecular weight is 185 g/mol. The van der Waals surface area contributed by atoms with Crippen LogP contribution >= 0.6 is 0 Å². The van der Waals surface area contributed by atoms with Crippen molar-refractivity contribution in [1.82, 2.24) is 5.32 Å². The summed E-state index contributed by atoms with van der Waals surface area (Å²) in [5.41, 5.74) is 0. The van der Waals surface area contributed by atoms with Gasteiger partial charge in [-0.3, -0.25) is 0 Å². The van der Waals surface area contributed by atoms with Crippen molar-refractivity contribution in [3.05, 3.63) is 0 Å². The van der Waals surface area contributed by atoms with Crippen LogP contribution in [0.25, 0.3) is 0 Å². The Labute approximate surface area is 81.7 Å². The zero-order valence-corrected chi connectivity index (χ0v) is 9.09. The summed E-state index contributed by atoms with van der Waals surface area (Å²) in [6.45, 7) is 6.99. The van der Waals surface area contributed by atoms with Crippen molar-refractivity contribution in [2.24, 2.45) is 11.8 Å². The molecule has 0 radical (unpaired) electrons. The second kappa shape index (κ2) is 4.97. The lowest BCUT2D eigenvalue weighted by atomic mass is 9.73. The van der Waals surface area contributed by atoms with Gasteiger partial charge in [-0.15, -0.1) is 0 Å². The van der Waals surface area contributed by atoms with E-state index in [1.807, 2.05) is 0 Å². The van der Waals surface area contributed by atoms with E-state index in [0.29, 0.717) is 12.1 Å². The molecule has 0 aromatic rings. The summed E-state index contributed by atoms with van der Waals surface area (Å²) in [7, 11) is 0. The first-order valence-electron chi connectivity index (χ1n) is 5.54. The van der Waals surface area contributed by atoms with Gasteiger partial charge in [-0.25, -0.2) is 0 Å². The van der Waals surface area contributed by atoms with Crippen molar-refractivity contribution in [2.45, 2.75) is 52.1 Å². The largest absolute Gasteiger partial charge is 0.395 e. The second-order valence-corrected chi connectivity index (χ2v) is 4.63. The molecule has 1 unspecified atom stereocenters. The molecule has 1 rings (SSSR count). The van der Waals surface area contributed by atoms with E-state index in [2.05, 4.69) is 26.1 Å². The molecule has 0 spiro atoms. The van der Waals surface area contributed by atoms with Crippen LogP contribution < -0.4 is 5.32 Å². The molecular weight excluding hydrogens is 162 g/mol. The van der Waals surface area contributed by atoms with Crippen molar-refractivity contribution in [2.75, 3.05) is 6.61 Å². The first-order chi connectivity index (χ1) is 6.17. The average Bonchev–Trinajstić information content (AvgIpc) is 2.02. The minimum absolute atomic E-state index is 0.277. The lowest BCUT2D eigenvalue weighted by Gasteiger charge is -2.40. The summed E-state index contributed by atoms with van der Waals surface area (Å²) in [6, 6.07) is 0.989. The van der Waals surface area contributed by atoms with E-state index < -0.39 is 0 Å². The zero-order valence-electron chi connectivity index (χ0n) is 9.09. The summed E-state index contributed by atoms with van der Waals surface area (Å²) in [5, 5.41) is 12.5. The van der Waals surface area contributed by atoms with Gasteiger partial charge in [-0.2, -0.15) is 0 Å². The first kappa shape index (κ1) is 11.0. The monoisotopic (exact) mass is 185 g/mol. The standard InChI is InChI=1S/C11H23NO/c1-4-10(7-13)12-11-5-9(6-11)8(2)3/h8-13H,4-7H2,1-3H3. The van der Waals surface area contributed by atoms with Crippen molar-refractivity contribution in [1.29, 1.82) is 0 Å². The molecule has 1 saturated carbocycles. The third-order valence-electron chi connectivity index (χ3n) is 3.30. The van der Waals surface area contributed by atoms with Gasteiger partial charge in [0.25, 0.3) is 0 Å². The van der Waals surface area contributed by atoms with Crippen molar-refractivity contribution in [3.63, 3.8) is 0 Å². The van der Waals surface area contributed by atoms with E-state index in [-0.39, 0.29) is 6.61 Å². The molecule has 0 bridgehead atoms. The van der Waals surface area contributed by atoms with Crippen molar-refractivity contribution in [3.8, 4) is 0 Å². The molecule has 2 nitrogen and oxygen atoms in total. The first-order valence-corrected chi connectivity index (χ1v) is 5.54. The Kier molecular flexibility index (Phi) is 4.20. The molecule has 0 amide bonds. The molecule has 1 atom stereocenters. The molecule has 78 valence electrons. The van der Waals surface area contributed by atoms with Crippen LogP contribution in [0.1, 0.15) is 40.0 Å². The summed E-state index contributed by atoms with van der Waals surface area (Å²) in [5.74, 6) is 1.74. The smallest absolute Gasteiger partial charge is 0.0584 e. The van der Waals surface area contributed by atoms with E-state index in [4.69, 9.17) is 5.11 Å². The van der Waals surface area contributed by atoms with Crippen molar-refractivity contribution >= 4 is 0 Å². The van der Waals surface area contributed by atoms with E-state index in [0.717, 1.165) is 18.3 Å². The fourth-order valence-corrected chi connectivity index (χ4v) is 1.98. The fourth-order valence-electron chi connectivity index (χ4n) is 1.98. The molecule has 1 fully saturated rings. The molecule has 2 heteroatoms. The van der Waals surface area contributed by atoms with Crippen LogP contribution in [-0.4, -0.2) is 23.8 Å². The quantitative estimate of drug-likeness (QED) is 0.684. The number of nitrogens with one attached hydrogen (secondary N) is 1. The molecule has 0 heterocycles. The maximum Gasteiger partial charge on any atom is 0.0584 e. The Morgan fingerprint density at radius 3 is 2.38 bits per heavy atom. The number of hydrogen-bond acceptors (Lipinski definition) is 2. The number of rotatable bonds is 5. The molecule has 0 saturated heterocycles. The van der Waals surface area contributed by atoms with Gasteiger partial charge >= 0.3 is 0 Å². The Hall–Kier alpha value is -0.0800. The van der Waals surface area contributed by atoms with Gasteiger partial charge in [-0.05, 0) is 31.1 Å². The van der Waals surface area contributed by atoms with Crippen LogP contribution in [0.15, 0.2) is 0 Å². The molecule has 13 heavy (non-hydrogen) atoms. The number of aliphatic hydroxyl groups is 1. The molecule has 1 aliphatic carbocycles. The Morgan fingerprint density at radius 1 is 1.38 bits per heavy atom. The van der Waals surface area contributed by atoms with Gasteiger partial charge in [0.2, 0.25) is 0 Å². The lowest BCUT2D eigenvalue weighted by Crippen LogP contribution is -2.48. The van der Waals surface area contributed by atoms with Gasteiger partial charge in [0, 0.05) is 12.1 Å². The van der Waals surface area contributed by atoms with Gasteiger partial charge in [0.1, 0.15) is 0 Å². The summed E-state index contributed by atoms with van der Waals surface area (Å²) >= 11 is 0. The van der Waals surface area contributed by atoms with Gasteiger partial charge < -0.3 is 10.4 Å². The van der Waals surface area contributed by atoms with Gasteiger partial charge in [0.15, 0.2) is 0 Å². The molecule has 1 aliphatic rings. The minimum atomic E-state index is 0.277. The Bertz CT molecular complexity index is 137. The van der Waals surface area contributed by atoms with Gasteiger partial charge in [-0.1, -0.05) is 20.8 Å². The van der Waals surface area contributed by atoms with E-state index in [9.17, 15) is 0 Å². The Morgan fingerprint density at radius 2 is 2.00 bits per heavy atom. The molecule has 2 N–H and O–H groups in total. The van der Waals surface area contributed by atoms with Crippen LogP contribution in [0.2, 0.25) is 0 Å². The highest BCUT2D eigenvalue weighted by Crippen LogP contribution is 2.33. The van der Waals surface area contributed by atoms with Crippen LogP contribution in [0.5, 0.6) is 0 Å².